The largest absolute Gasteiger partial charge is 0.399 e. The van der Waals surface area contributed by atoms with Crippen molar-refractivity contribution in [3.8, 4) is 0 Å². The molecule has 3 unspecified atom stereocenters. The maximum Gasteiger partial charge on any atom is 0.196 e. The van der Waals surface area contributed by atoms with Gasteiger partial charge in [0, 0.05) is 11.6 Å². The van der Waals surface area contributed by atoms with Gasteiger partial charge in [0.15, 0.2) is 15.6 Å². The molecule has 3 atom stereocenters. The van der Waals surface area contributed by atoms with E-state index in [-0.39, 0.29) is 4.90 Å². The number of nitrogens with two attached hydrogens (primary N) is 1. The third-order valence-electron chi connectivity index (χ3n) is 7.69. The van der Waals surface area contributed by atoms with E-state index in [0.717, 1.165) is 34.7 Å². The van der Waals surface area contributed by atoms with Gasteiger partial charge in [0.2, 0.25) is 0 Å². The summed E-state index contributed by atoms with van der Waals surface area (Å²) in [6.45, 7) is 4.54. The first-order valence-electron chi connectivity index (χ1n) is 12.0. The highest BCUT2D eigenvalue weighted by molar-refractivity contribution is 7.92. The summed E-state index contributed by atoms with van der Waals surface area (Å²) in [5.74, 6) is 0.686. The van der Waals surface area contributed by atoms with Crippen molar-refractivity contribution in [1.29, 1.82) is 0 Å². The minimum atomic E-state index is -3.82. The third kappa shape index (κ3) is 4.29. The van der Waals surface area contributed by atoms with Crippen LogP contribution in [0.1, 0.15) is 64.5 Å². The zero-order valence-corrected chi connectivity index (χ0v) is 20.5. The van der Waals surface area contributed by atoms with Crippen molar-refractivity contribution in [2.24, 2.45) is 11.8 Å². The lowest BCUT2D eigenvalue weighted by atomic mass is 9.86. The molecule has 5 rings (SSSR count). The molecule has 3 aromatic rings. The number of Topliss-reactive ketones (excluding diaryl/α,β-unsaturated/α-hetero) is 1. The molecule has 1 heterocycles. The third-order valence-corrected chi connectivity index (χ3v) is 9.31. The van der Waals surface area contributed by atoms with Gasteiger partial charge in [0.05, 0.1) is 17.1 Å². The number of carbonyl (C=O) groups is 1. The fourth-order valence-corrected chi connectivity index (χ4v) is 7.12. The summed E-state index contributed by atoms with van der Waals surface area (Å²) in [7, 11) is -3.82. The Bertz CT molecular complexity index is 1340. The summed E-state index contributed by atoms with van der Waals surface area (Å²) in [6, 6.07) is 14.1. The van der Waals surface area contributed by atoms with Crippen LogP contribution in [0.2, 0.25) is 0 Å². The van der Waals surface area contributed by atoms with Crippen LogP contribution in [0.3, 0.4) is 0 Å². The number of carbonyl (C=O) groups excluding carboxylic acids is 1. The second-order valence-corrected chi connectivity index (χ2v) is 12.0. The van der Waals surface area contributed by atoms with Crippen LogP contribution >= 0.6 is 0 Å². The van der Waals surface area contributed by atoms with Crippen LogP contribution in [0.15, 0.2) is 53.4 Å². The van der Waals surface area contributed by atoms with Gasteiger partial charge in [-0.3, -0.25) is 9.48 Å². The number of fused-ring (bicyclic) bond motifs is 2. The lowest BCUT2D eigenvalue weighted by molar-refractivity contribution is 0.101. The fourth-order valence-electron chi connectivity index (χ4n) is 5.86. The Labute approximate surface area is 201 Å². The molecule has 7 heteroatoms. The number of hydrogen-bond donors (Lipinski definition) is 1. The van der Waals surface area contributed by atoms with E-state index >= 15 is 0 Å². The van der Waals surface area contributed by atoms with E-state index in [1.165, 1.54) is 31.4 Å². The van der Waals surface area contributed by atoms with Crippen LogP contribution in [0.4, 0.5) is 5.69 Å². The SMILES string of the molecule is Cc1cccc(C)c1Cn1nc(C2CC3CCC2C3)cc1C(=O)CS(=O)(=O)c1cccc(N)c1. The smallest absolute Gasteiger partial charge is 0.196 e. The van der Waals surface area contributed by atoms with Crippen LogP contribution < -0.4 is 5.73 Å². The molecule has 178 valence electrons. The molecule has 0 radical (unpaired) electrons. The summed E-state index contributed by atoms with van der Waals surface area (Å²) < 4.78 is 27.7. The van der Waals surface area contributed by atoms with Crippen molar-refractivity contribution in [2.75, 3.05) is 11.5 Å². The highest BCUT2D eigenvalue weighted by Crippen LogP contribution is 2.52. The number of rotatable bonds is 7. The van der Waals surface area contributed by atoms with Gasteiger partial charge in [-0.1, -0.05) is 30.7 Å². The number of aryl methyl sites for hydroxylation is 2. The number of aromatic nitrogens is 2. The standard InChI is InChI=1S/C27H31N3O3S/c1-17-5-3-6-18(2)24(17)15-30-26(14-25(29-30)23-12-19-9-10-20(23)11-19)27(31)16-34(32,33)22-8-4-7-21(28)13-22/h3-8,13-14,19-20,23H,9-12,15-16,28H2,1-2H3. The summed E-state index contributed by atoms with van der Waals surface area (Å²) in [5.41, 5.74) is 10.8. The number of nitrogen functional groups attached to an aromatic ring is 1. The normalized spacial score (nSPS) is 21.8. The molecule has 1 aromatic heterocycles. The summed E-state index contributed by atoms with van der Waals surface area (Å²) in [6.07, 6.45) is 4.85. The Balaban J connectivity index is 1.50. The maximum absolute atomic E-state index is 13.4. The predicted molar refractivity (Wildman–Crippen MR) is 133 cm³/mol. The van der Waals surface area contributed by atoms with Gasteiger partial charge < -0.3 is 5.73 Å². The lowest BCUT2D eigenvalue weighted by Crippen LogP contribution is -2.21. The number of nitrogens with zero attached hydrogens (tertiary/aromatic N) is 2. The number of benzene rings is 2. The van der Waals surface area contributed by atoms with E-state index in [2.05, 4.69) is 26.0 Å². The van der Waals surface area contributed by atoms with Gasteiger partial charge in [-0.25, -0.2) is 8.42 Å². The van der Waals surface area contributed by atoms with Gasteiger partial charge in [0.25, 0.3) is 0 Å². The highest BCUT2D eigenvalue weighted by atomic mass is 32.2. The van der Waals surface area contributed by atoms with Crippen molar-refractivity contribution in [1.82, 2.24) is 9.78 Å². The Morgan fingerprint density at radius 2 is 1.79 bits per heavy atom. The zero-order valence-electron chi connectivity index (χ0n) is 19.7. The van der Waals surface area contributed by atoms with Crippen molar-refractivity contribution in [3.63, 3.8) is 0 Å². The number of sulfone groups is 1. The second kappa shape index (κ2) is 8.69. The Hall–Kier alpha value is -2.93. The van der Waals surface area contributed by atoms with Crippen LogP contribution in [-0.2, 0) is 16.4 Å². The molecule has 34 heavy (non-hydrogen) atoms. The van der Waals surface area contributed by atoms with E-state index in [9.17, 15) is 13.2 Å². The molecule has 2 N–H and O–H groups in total. The lowest BCUT2D eigenvalue weighted by Gasteiger charge is -2.19. The molecule has 2 bridgehead atoms. The molecule has 2 saturated carbocycles. The Kier molecular flexibility index (Phi) is 5.84. The van der Waals surface area contributed by atoms with Gasteiger partial charge in [-0.05, 0) is 85.9 Å². The second-order valence-electron chi connectivity index (χ2n) is 10.0. The average Bonchev–Trinajstić information content (AvgIpc) is 3.52. The number of hydrogen-bond acceptors (Lipinski definition) is 5. The molecule has 0 amide bonds. The highest BCUT2D eigenvalue weighted by Gasteiger charge is 2.41. The summed E-state index contributed by atoms with van der Waals surface area (Å²) in [5, 5.41) is 4.91. The van der Waals surface area contributed by atoms with E-state index in [4.69, 9.17) is 10.8 Å². The molecular weight excluding hydrogens is 446 g/mol. The topological polar surface area (TPSA) is 95.0 Å². The van der Waals surface area contributed by atoms with Crippen molar-refractivity contribution in [2.45, 2.75) is 56.9 Å². The average molecular weight is 478 g/mol. The molecule has 6 nitrogen and oxygen atoms in total. The molecule has 0 saturated heterocycles. The summed E-state index contributed by atoms with van der Waals surface area (Å²) >= 11 is 0. The minimum absolute atomic E-state index is 0.0648. The first-order valence-corrected chi connectivity index (χ1v) is 13.6. The van der Waals surface area contributed by atoms with Gasteiger partial charge in [-0.15, -0.1) is 0 Å². The van der Waals surface area contributed by atoms with Crippen LogP contribution in [-0.4, -0.2) is 29.7 Å². The summed E-state index contributed by atoms with van der Waals surface area (Å²) in [4.78, 5) is 13.5. The quantitative estimate of drug-likeness (QED) is 0.393. The van der Waals surface area contributed by atoms with Gasteiger partial charge in [-0.2, -0.15) is 5.10 Å². The molecule has 2 aliphatic carbocycles. The Morgan fingerprint density at radius 1 is 1.06 bits per heavy atom. The van der Waals surface area contributed by atoms with Gasteiger partial charge in [0.1, 0.15) is 11.4 Å². The number of anilines is 1. The minimum Gasteiger partial charge on any atom is -0.399 e. The molecule has 2 aliphatic rings. The van der Waals surface area contributed by atoms with Crippen molar-refractivity contribution >= 4 is 21.3 Å². The van der Waals surface area contributed by atoms with Crippen LogP contribution in [0.5, 0.6) is 0 Å². The predicted octanol–water partition coefficient (Wildman–Crippen LogP) is 4.69. The Morgan fingerprint density at radius 3 is 2.44 bits per heavy atom. The van der Waals surface area contributed by atoms with Crippen LogP contribution in [0.25, 0.3) is 0 Å². The molecule has 0 aliphatic heterocycles. The molecule has 2 aromatic carbocycles. The molecule has 2 fully saturated rings. The van der Waals surface area contributed by atoms with E-state index in [0.29, 0.717) is 29.8 Å². The zero-order chi connectivity index (χ0) is 24.0. The number of ketones is 1. The van der Waals surface area contributed by atoms with Crippen LogP contribution in [0, 0.1) is 25.7 Å². The maximum atomic E-state index is 13.4. The van der Waals surface area contributed by atoms with E-state index < -0.39 is 21.4 Å². The molecular formula is C27H31N3O3S. The van der Waals surface area contributed by atoms with Crippen molar-refractivity contribution in [3.05, 3.63) is 76.6 Å². The fraction of sp³-hybridized carbons (Fsp3) is 0.407. The van der Waals surface area contributed by atoms with Crippen molar-refractivity contribution < 1.29 is 13.2 Å². The first-order chi connectivity index (χ1) is 16.2. The van der Waals surface area contributed by atoms with E-state index in [1.807, 2.05) is 12.1 Å². The molecule has 0 spiro atoms. The van der Waals surface area contributed by atoms with E-state index in [1.54, 1.807) is 16.8 Å². The monoisotopic (exact) mass is 477 g/mol. The first kappa shape index (κ1) is 22.8. The van der Waals surface area contributed by atoms with Gasteiger partial charge >= 0.3 is 0 Å².